The first kappa shape index (κ1) is 22.4. The van der Waals surface area contributed by atoms with Crippen molar-refractivity contribution < 1.29 is 4.79 Å². The average Bonchev–Trinajstić information content (AvgIpc) is 2.81. The van der Waals surface area contributed by atoms with Crippen LogP contribution in [0.3, 0.4) is 0 Å². The van der Waals surface area contributed by atoms with Crippen LogP contribution in [-0.2, 0) is 11.2 Å². The van der Waals surface area contributed by atoms with E-state index in [2.05, 4.69) is 72.7 Å². The number of rotatable bonds is 6. The van der Waals surface area contributed by atoms with Crippen molar-refractivity contribution in [2.45, 2.75) is 19.3 Å². The zero-order valence-electron chi connectivity index (χ0n) is 17.6. The molecule has 0 spiro atoms. The van der Waals surface area contributed by atoms with Gasteiger partial charge >= 0.3 is 0 Å². The first-order valence-corrected chi connectivity index (χ1v) is 11.9. The predicted molar refractivity (Wildman–Crippen MR) is 139 cm³/mol. The summed E-state index contributed by atoms with van der Waals surface area (Å²) in [6.07, 6.45) is 2.25. The summed E-state index contributed by atoms with van der Waals surface area (Å²) in [5.41, 5.74) is 6.83. The maximum absolute atomic E-state index is 13.1. The van der Waals surface area contributed by atoms with E-state index >= 15 is 0 Å². The molecule has 0 aliphatic carbocycles. The molecular weight excluding hydrogens is 528 g/mol. The van der Waals surface area contributed by atoms with E-state index in [-0.39, 0.29) is 11.8 Å². The number of nitrogens with zero attached hydrogens (tertiary/aromatic N) is 1. The summed E-state index contributed by atoms with van der Waals surface area (Å²) in [6.45, 7) is 2.02. The van der Waals surface area contributed by atoms with Gasteiger partial charge < -0.3 is 0 Å². The van der Waals surface area contributed by atoms with E-state index in [0.29, 0.717) is 6.42 Å². The van der Waals surface area contributed by atoms with Gasteiger partial charge in [0.25, 0.3) is 0 Å². The molecule has 1 amide bonds. The van der Waals surface area contributed by atoms with Crippen molar-refractivity contribution in [1.82, 2.24) is 5.43 Å². The van der Waals surface area contributed by atoms with E-state index in [1.165, 1.54) is 10.8 Å². The van der Waals surface area contributed by atoms with Crippen LogP contribution in [0.4, 0.5) is 0 Å². The molecule has 4 rings (SSSR count). The van der Waals surface area contributed by atoms with Crippen molar-refractivity contribution in [2.24, 2.45) is 5.10 Å². The molecule has 0 heterocycles. The van der Waals surface area contributed by atoms with Crippen LogP contribution in [0.1, 0.15) is 28.2 Å². The highest BCUT2D eigenvalue weighted by molar-refractivity contribution is 9.11. The number of halogens is 2. The molecule has 4 aromatic rings. The van der Waals surface area contributed by atoms with Crippen LogP contribution < -0.4 is 5.43 Å². The van der Waals surface area contributed by atoms with E-state index in [1.807, 2.05) is 61.5 Å². The largest absolute Gasteiger partial charge is 0.272 e. The molecule has 0 saturated carbocycles. The fourth-order valence-corrected chi connectivity index (χ4v) is 4.86. The van der Waals surface area contributed by atoms with Crippen molar-refractivity contribution in [3.63, 3.8) is 0 Å². The fraction of sp³-hybridized carbons (Fsp3) is 0.111. The zero-order chi connectivity index (χ0) is 22.5. The highest BCUT2D eigenvalue weighted by atomic mass is 79.9. The number of amides is 1. The number of carbonyl (C=O) groups excluding carboxylic acids is 1. The lowest BCUT2D eigenvalue weighted by atomic mass is 9.90. The van der Waals surface area contributed by atoms with Crippen LogP contribution in [0.25, 0.3) is 10.8 Å². The Balaban J connectivity index is 1.55. The van der Waals surface area contributed by atoms with Crippen molar-refractivity contribution in [3.8, 4) is 0 Å². The van der Waals surface area contributed by atoms with Crippen LogP contribution in [0.5, 0.6) is 0 Å². The highest BCUT2D eigenvalue weighted by Crippen LogP contribution is 2.26. The second-order valence-corrected chi connectivity index (χ2v) is 9.40. The first-order chi connectivity index (χ1) is 15.5. The Bertz CT molecular complexity index is 1260. The van der Waals surface area contributed by atoms with E-state index < -0.39 is 0 Å². The van der Waals surface area contributed by atoms with Gasteiger partial charge in [-0.2, -0.15) is 5.10 Å². The molecule has 5 heteroatoms. The first-order valence-electron chi connectivity index (χ1n) is 10.3. The maximum Gasteiger partial charge on any atom is 0.247 e. The Morgan fingerprint density at radius 2 is 1.56 bits per heavy atom. The quantitative estimate of drug-likeness (QED) is 0.201. The number of carbonyl (C=O) groups is 1. The molecule has 32 heavy (non-hydrogen) atoms. The van der Waals surface area contributed by atoms with E-state index in [0.717, 1.165) is 31.2 Å². The van der Waals surface area contributed by atoms with Gasteiger partial charge in [-0.15, -0.1) is 0 Å². The van der Waals surface area contributed by atoms with Gasteiger partial charge in [0.05, 0.1) is 12.1 Å². The van der Waals surface area contributed by atoms with E-state index in [4.69, 9.17) is 0 Å². The number of nitrogens with one attached hydrogen (secondary N) is 1. The van der Waals surface area contributed by atoms with Gasteiger partial charge in [0.1, 0.15) is 0 Å². The number of hydrazone groups is 1. The Hall–Kier alpha value is -2.76. The Morgan fingerprint density at radius 3 is 2.28 bits per heavy atom. The average molecular weight is 550 g/mol. The molecule has 4 aromatic carbocycles. The Labute approximate surface area is 204 Å². The molecule has 0 saturated heterocycles. The Kier molecular flexibility index (Phi) is 7.18. The number of hydrogen-bond donors (Lipinski definition) is 1. The molecule has 0 bridgehead atoms. The normalized spacial score (nSPS) is 12.2. The number of benzene rings is 4. The summed E-state index contributed by atoms with van der Waals surface area (Å²) < 4.78 is 1.97. The summed E-state index contributed by atoms with van der Waals surface area (Å²) in [5.74, 6) is -0.475. The topological polar surface area (TPSA) is 41.5 Å². The van der Waals surface area contributed by atoms with Crippen LogP contribution in [0.2, 0.25) is 0 Å². The lowest BCUT2D eigenvalue weighted by Crippen LogP contribution is -2.27. The third kappa shape index (κ3) is 5.34. The molecule has 3 nitrogen and oxygen atoms in total. The fourth-order valence-electron chi connectivity index (χ4n) is 3.64. The standard InChI is InChI=1S/C27H22Br2N2O/c1-18-25(28)15-20(16-26(18)29)17-30-31-27(32)24(22-8-3-2-4-9-22)14-19-11-12-21-7-5-6-10-23(21)13-19/h2-13,15-17,24H,14H2,1H3,(H,31,32)/b30-17-. The van der Waals surface area contributed by atoms with Crippen LogP contribution >= 0.6 is 31.9 Å². The molecule has 0 radical (unpaired) electrons. The minimum absolute atomic E-state index is 0.133. The molecule has 0 fully saturated rings. The summed E-state index contributed by atoms with van der Waals surface area (Å²) in [5, 5.41) is 6.59. The monoisotopic (exact) mass is 548 g/mol. The van der Waals surface area contributed by atoms with Gasteiger partial charge in [0.15, 0.2) is 0 Å². The van der Waals surface area contributed by atoms with Gasteiger partial charge in [-0.3, -0.25) is 4.79 Å². The van der Waals surface area contributed by atoms with Crippen molar-refractivity contribution >= 4 is 54.8 Å². The lowest BCUT2D eigenvalue weighted by Gasteiger charge is -2.16. The summed E-state index contributed by atoms with van der Waals surface area (Å²) in [6, 6.07) is 28.4. The molecule has 1 atom stereocenters. The van der Waals surface area contributed by atoms with Gasteiger partial charge in [-0.05, 0) is 58.5 Å². The summed E-state index contributed by atoms with van der Waals surface area (Å²) >= 11 is 7.09. The van der Waals surface area contributed by atoms with Crippen LogP contribution in [0.15, 0.2) is 99.0 Å². The zero-order valence-corrected chi connectivity index (χ0v) is 20.7. The molecule has 1 unspecified atom stereocenters. The lowest BCUT2D eigenvalue weighted by molar-refractivity contribution is -0.122. The Morgan fingerprint density at radius 1 is 0.906 bits per heavy atom. The van der Waals surface area contributed by atoms with E-state index in [1.54, 1.807) is 6.21 Å². The van der Waals surface area contributed by atoms with E-state index in [9.17, 15) is 4.79 Å². The van der Waals surface area contributed by atoms with Gasteiger partial charge in [-0.1, -0.05) is 105 Å². The molecule has 1 N–H and O–H groups in total. The minimum Gasteiger partial charge on any atom is -0.272 e. The molecule has 0 aromatic heterocycles. The second-order valence-electron chi connectivity index (χ2n) is 7.69. The summed E-state index contributed by atoms with van der Waals surface area (Å²) in [7, 11) is 0. The second kappa shape index (κ2) is 10.2. The molecule has 160 valence electrons. The van der Waals surface area contributed by atoms with Gasteiger partial charge in [-0.25, -0.2) is 5.43 Å². The predicted octanol–water partition coefficient (Wildman–Crippen LogP) is 7.15. The maximum atomic E-state index is 13.1. The molecule has 0 aliphatic rings. The highest BCUT2D eigenvalue weighted by Gasteiger charge is 2.21. The van der Waals surface area contributed by atoms with Crippen molar-refractivity contribution in [2.75, 3.05) is 0 Å². The van der Waals surface area contributed by atoms with Crippen molar-refractivity contribution in [3.05, 3.63) is 116 Å². The summed E-state index contributed by atoms with van der Waals surface area (Å²) in [4.78, 5) is 13.1. The van der Waals surface area contributed by atoms with Crippen molar-refractivity contribution in [1.29, 1.82) is 0 Å². The van der Waals surface area contributed by atoms with Gasteiger partial charge in [0, 0.05) is 8.95 Å². The smallest absolute Gasteiger partial charge is 0.247 e. The van der Waals surface area contributed by atoms with Crippen LogP contribution in [0, 0.1) is 6.92 Å². The third-order valence-corrected chi connectivity index (χ3v) is 7.11. The van der Waals surface area contributed by atoms with Gasteiger partial charge in [0.2, 0.25) is 5.91 Å². The molecule has 0 aliphatic heterocycles. The number of fused-ring (bicyclic) bond motifs is 1. The third-order valence-electron chi connectivity index (χ3n) is 5.46. The van der Waals surface area contributed by atoms with Crippen LogP contribution in [-0.4, -0.2) is 12.1 Å². The number of hydrogen-bond acceptors (Lipinski definition) is 2. The molecular formula is C27H22Br2N2O. The minimum atomic E-state index is -0.342. The SMILES string of the molecule is Cc1c(Br)cc(/C=N\NC(=O)C(Cc2ccc3ccccc3c2)c2ccccc2)cc1Br.